The van der Waals surface area contributed by atoms with E-state index in [0.717, 1.165) is 26.6 Å². The quantitative estimate of drug-likeness (QED) is 0.701. The van der Waals surface area contributed by atoms with Crippen molar-refractivity contribution in [2.45, 2.75) is 12.3 Å². The van der Waals surface area contributed by atoms with Gasteiger partial charge in [-0.1, -0.05) is 58.0 Å². The molecule has 1 atom stereocenters. The Hall–Kier alpha value is -2.23. The first-order valence-corrected chi connectivity index (χ1v) is 10.1. The standard InChI is InChI=1S/C20H16BrN3OS/c21-15-6-4-5-14(9-15)17-10-19(25)24-12-23(16-7-2-1-3-8-16)13-26-20(24)18(17)11-22/h1-9,17H,10,12-13H2/t17-/m0/s1. The molecule has 6 heteroatoms. The maximum absolute atomic E-state index is 12.9. The van der Waals surface area contributed by atoms with Crippen LogP contribution < -0.4 is 4.90 Å². The SMILES string of the molecule is N#CC1=C2SCN(c3ccccc3)CN2C(=O)C[C@H]1c1cccc(Br)c1. The maximum Gasteiger partial charge on any atom is 0.229 e. The van der Waals surface area contributed by atoms with Gasteiger partial charge in [-0.15, -0.1) is 0 Å². The van der Waals surface area contributed by atoms with Gasteiger partial charge in [0.25, 0.3) is 0 Å². The Bertz CT molecular complexity index is 922. The van der Waals surface area contributed by atoms with Crippen LogP contribution in [0.1, 0.15) is 17.9 Å². The highest BCUT2D eigenvalue weighted by molar-refractivity contribution is 9.10. The van der Waals surface area contributed by atoms with Crippen LogP contribution in [0.5, 0.6) is 0 Å². The van der Waals surface area contributed by atoms with Crippen LogP contribution in [0.3, 0.4) is 0 Å². The van der Waals surface area contributed by atoms with Crippen molar-refractivity contribution in [2.75, 3.05) is 17.4 Å². The van der Waals surface area contributed by atoms with E-state index < -0.39 is 0 Å². The van der Waals surface area contributed by atoms with Crippen molar-refractivity contribution in [3.8, 4) is 6.07 Å². The van der Waals surface area contributed by atoms with Crippen LogP contribution in [0.2, 0.25) is 0 Å². The number of benzene rings is 2. The lowest BCUT2D eigenvalue weighted by Crippen LogP contribution is -2.47. The highest BCUT2D eigenvalue weighted by Gasteiger charge is 2.38. The smallest absolute Gasteiger partial charge is 0.229 e. The summed E-state index contributed by atoms with van der Waals surface area (Å²) in [6.45, 7) is 0.488. The van der Waals surface area contributed by atoms with Crippen LogP contribution in [-0.4, -0.2) is 23.4 Å². The topological polar surface area (TPSA) is 47.3 Å². The monoisotopic (exact) mass is 425 g/mol. The summed E-state index contributed by atoms with van der Waals surface area (Å²) < 4.78 is 0.957. The molecule has 0 radical (unpaired) electrons. The molecule has 0 bridgehead atoms. The second kappa shape index (κ2) is 7.18. The third kappa shape index (κ3) is 3.13. The maximum atomic E-state index is 12.9. The van der Waals surface area contributed by atoms with E-state index in [1.165, 1.54) is 0 Å². The summed E-state index contributed by atoms with van der Waals surface area (Å²) in [7, 11) is 0. The predicted molar refractivity (Wildman–Crippen MR) is 107 cm³/mol. The molecule has 2 aliphatic rings. The summed E-state index contributed by atoms with van der Waals surface area (Å²) in [6.07, 6.45) is 0.325. The van der Waals surface area contributed by atoms with Gasteiger partial charge in [-0.25, -0.2) is 0 Å². The summed E-state index contributed by atoms with van der Waals surface area (Å²) in [5.41, 5.74) is 2.78. The molecule has 4 nitrogen and oxygen atoms in total. The Morgan fingerprint density at radius 3 is 2.69 bits per heavy atom. The van der Waals surface area contributed by atoms with E-state index >= 15 is 0 Å². The zero-order valence-electron chi connectivity index (χ0n) is 13.9. The van der Waals surface area contributed by atoms with Crippen molar-refractivity contribution in [3.05, 3.63) is 75.2 Å². The van der Waals surface area contributed by atoms with Crippen LogP contribution in [0.25, 0.3) is 0 Å². The molecule has 2 aliphatic heterocycles. The van der Waals surface area contributed by atoms with Gasteiger partial charge in [0.1, 0.15) is 0 Å². The number of fused-ring (bicyclic) bond motifs is 1. The van der Waals surface area contributed by atoms with E-state index in [1.807, 2.05) is 54.6 Å². The molecule has 0 aliphatic carbocycles. The van der Waals surface area contributed by atoms with Crippen molar-refractivity contribution < 1.29 is 4.79 Å². The number of hydrogen-bond donors (Lipinski definition) is 0. The van der Waals surface area contributed by atoms with Gasteiger partial charge in [0.05, 0.1) is 29.2 Å². The fourth-order valence-electron chi connectivity index (χ4n) is 3.37. The summed E-state index contributed by atoms with van der Waals surface area (Å²) in [6, 6.07) is 20.3. The summed E-state index contributed by atoms with van der Waals surface area (Å²) >= 11 is 5.05. The number of allylic oxidation sites excluding steroid dienone is 1. The molecule has 1 fully saturated rings. The minimum absolute atomic E-state index is 0.0668. The number of thioether (sulfide) groups is 1. The lowest BCUT2D eigenvalue weighted by Gasteiger charge is -2.42. The number of carbonyl (C=O) groups excluding carboxylic acids is 1. The first kappa shape index (κ1) is 17.2. The zero-order chi connectivity index (χ0) is 18.1. The molecule has 1 saturated heterocycles. The molecule has 1 amide bonds. The minimum Gasteiger partial charge on any atom is -0.344 e. The average Bonchev–Trinajstić information content (AvgIpc) is 2.68. The summed E-state index contributed by atoms with van der Waals surface area (Å²) in [5, 5.41) is 10.6. The van der Waals surface area contributed by atoms with Gasteiger partial charge < -0.3 is 4.90 Å². The molecule has 2 aromatic carbocycles. The molecule has 2 aromatic rings. The lowest BCUT2D eigenvalue weighted by molar-refractivity contribution is -0.129. The Kier molecular flexibility index (Phi) is 4.75. The van der Waals surface area contributed by atoms with E-state index in [9.17, 15) is 10.1 Å². The Morgan fingerprint density at radius 2 is 1.96 bits per heavy atom. The second-order valence-electron chi connectivity index (χ2n) is 6.25. The number of nitrogens with zero attached hydrogens (tertiary/aromatic N) is 3. The number of hydrogen-bond acceptors (Lipinski definition) is 4. The highest BCUT2D eigenvalue weighted by atomic mass is 79.9. The average molecular weight is 426 g/mol. The molecule has 2 heterocycles. The largest absolute Gasteiger partial charge is 0.344 e. The number of anilines is 1. The molecule has 0 aromatic heterocycles. The number of amides is 1. The van der Waals surface area contributed by atoms with E-state index in [0.29, 0.717) is 18.7 Å². The van der Waals surface area contributed by atoms with E-state index in [4.69, 9.17) is 0 Å². The van der Waals surface area contributed by atoms with Gasteiger partial charge in [-0.2, -0.15) is 5.26 Å². The first-order chi connectivity index (χ1) is 12.7. The van der Waals surface area contributed by atoms with E-state index in [2.05, 4.69) is 26.9 Å². The predicted octanol–water partition coefficient (Wildman–Crippen LogP) is 4.67. The number of rotatable bonds is 2. The highest BCUT2D eigenvalue weighted by Crippen LogP contribution is 2.43. The minimum atomic E-state index is -0.174. The van der Waals surface area contributed by atoms with Crippen LogP contribution in [0.4, 0.5) is 5.69 Å². The Labute approximate surface area is 165 Å². The molecule has 26 heavy (non-hydrogen) atoms. The van der Waals surface area contributed by atoms with Gasteiger partial charge in [0.2, 0.25) is 5.91 Å². The van der Waals surface area contributed by atoms with Crippen LogP contribution >= 0.6 is 27.7 Å². The van der Waals surface area contributed by atoms with Crippen molar-refractivity contribution >= 4 is 39.3 Å². The van der Waals surface area contributed by atoms with Gasteiger partial charge in [0.15, 0.2) is 0 Å². The van der Waals surface area contributed by atoms with Crippen LogP contribution in [-0.2, 0) is 4.79 Å². The summed E-state index contributed by atoms with van der Waals surface area (Å²) in [5.74, 6) is 0.614. The van der Waals surface area contributed by atoms with Crippen molar-refractivity contribution in [3.63, 3.8) is 0 Å². The Morgan fingerprint density at radius 1 is 1.15 bits per heavy atom. The first-order valence-electron chi connectivity index (χ1n) is 8.30. The van der Waals surface area contributed by atoms with E-state index in [-0.39, 0.29) is 11.8 Å². The fraction of sp³-hybridized carbons (Fsp3) is 0.200. The fourth-order valence-corrected chi connectivity index (χ4v) is 4.96. The normalized spacial score (nSPS) is 20.0. The van der Waals surface area contributed by atoms with Crippen LogP contribution in [0, 0.1) is 11.3 Å². The molecule has 130 valence electrons. The van der Waals surface area contributed by atoms with Gasteiger partial charge >= 0.3 is 0 Å². The summed E-state index contributed by atoms with van der Waals surface area (Å²) in [4.78, 5) is 16.8. The molecule has 0 N–H and O–H groups in total. The van der Waals surface area contributed by atoms with E-state index in [1.54, 1.807) is 16.7 Å². The number of para-hydroxylation sites is 1. The van der Waals surface area contributed by atoms with Crippen molar-refractivity contribution in [1.82, 2.24) is 4.90 Å². The molecule has 0 unspecified atom stereocenters. The second-order valence-corrected chi connectivity index (χ2v) is 8.10. The third-order valence-electron chi connectivity index (χ3n) is 4.67. The zero-order valence-corrected chi connectivity index (χ0v) is 16.3. The van der Waals surface area contributed by atoms with Gasteiger partial charge in [0, 0.05) is 22.5 Å². The number of nitriles is 1. The lowest BCUT2D eigenvalue weighted by atomic mass is 9.86. The molecule has 0 spiro atoms. The van der Waals surface area contributed by atoms with Crippen molar-refractivity contribution in [1.29, 1.82) is 5.26 Å². The molecule has 4 rings (SSSR count). The number of halogens is 1. The third-order valence-corrected chi connectivity index (χ3v) is 6.31. The van der Waals surface area contributed by atoms with Crippen molar-refractivity contribution in [2.24, 2.45) is 0 Å². The van der Waals surface area contributed by atoms with Gasteiger partial charge in [-0.3, -0.25) is 9.69 Å². The van der Waals surface area contributed by atoms with Gasteiger partial charge in [-0.05, 0) is 29.8 Å². The van der Waals surface area contributed by atoms with Crippen LogP contribution in [0.15, 0.2) is 69.7 Å². The number of carbonyl (C=O) groups is 1. The molecule has 0 saturated carbocycles. The molecular weight excluding hydrogens is 410 g/mol. The molecular formula is C20H16BrN3OS. The Balaban J connectivity index is 1.68.